The van der Waals surface area contributed by atoms with Crippen molar-refractivity contribution in [2.45, 2.75) is 64.5 Å². The van der Waals surface area contributed by atoms with E-state index in [9.17, 15) is 9.59 Å². The Morgan fingerprint density at radius 1 is 1.18 bits per heavy atom. The van der Waals surface area contributed by atoms with Crippen LogP contribution < -0.4 is 20.4 Å². The molecule has 204 valence electrons. The molecule has 1 aromatic heterocycles. The molecule has 1 atom stereocenters. The molecule has 2 N–H and O–H groups in total. The van der Waals surface area contributed by atoms with Crippen LogP contribution in [-0.4, -0.2) is 72.0 Å². The number of hydrogen-bond acceptors (Lipinski definition) is 7. The van der Waals surface area contributed by atoms with Crippen molar-refractivity contribution in [3.8, 4) is 0 Å². The van der Waals surface area contributed by atoms with Crippen molar-refractivity contribution in [3.05, 3.63) is 35.8 Å². The fraction of sp³-hybridized carbons (Fsp3) is 0.571. The number of anilines is 4. The SMILES string of the molecule is CC(C)N1CCN(c2ccc(Nc3ncc(C[C@@H]4CCNC4=O)c(N(C=O)C4CCCC4)n3)c(F)c2)CC1. The summed E-state index contributed by atoms with van der Waals surface area (Å²) in [6.07, 6.45) is 7.66. The van der Waals surface area contributed by atoms with Crippen LogP contribution in [0.2, 0.25) is 0 Å². The molecule has 3 heterocycles. The molecular formula is C28H38FN7O2. The molecule has 2 aromatic rings. The molecule has 9 nitrogen and oxygen atoms in total. The Kier molecular flexibility index (Phi) is 8.06. The first-order valence-electron chi connectivity index (χ1n) is 13.9. The van der Waals surface area contributed by atoms with Crippen molar-refractivity contribution in [3.63, 3.8) is 0 Å². The van der Waals surface area contributed by atoms with Gasteiger partial charge in [0.25, 0.3) is 0 Å². The van der Waals surface area contributed by atoms with Gasteiger partial charge in [-0.05, 0) is 57.7 Å². The summed E-state index contributed by atoms with van der Waals surface area (Å²) in [5.41, 5.74) is 1.89. The maximum Gasteiger partial charge on any atom is 0.229 e. The number of hydrogen-bond donors (Lipinski definition) is 2. The second-order valence-electron chi connectivity index (χ2n) is 10.9. The summed E-state index contributed by atoms with van der Waals surface area (Å²) in [6.45, 7) is 8.69. The van der Waals surface area contributed by atoms with Gasteiger partial charge >= 0.3 is 0 Å². The average molecular weight is 524 g/mol. The Morgan fingerprint density at radius 3 is 2.58 bits per heavy atom. The first-order chi connectivity index (χ1) is 18.4. The lowest BCUT2D eigenvalue weighted by Crippen LogP contribution is -2.48. The number of aromatic nitrogens is 2. The number of piperazine rings is 1. The first-order valence-corrected chi connectivity index (χ1v) is 13.9. The van der Waals surface area contributed by atoms with Gasteiger partial charge in [-0.2, -0.15) is 4.98 Å². The molecule has 1 saturated carbocycles. The van der Waals surface area contributed by atoms with Gasteiger partial charge in [-0.25, -0.2) is 9.37 Å². The Morgan fingerprint density at radius 2 is 1.95 bits per heavy atom. The summed E-state index contributed by atoms with van der Waals surface area (Å²) in [5.74, 6) is 0.199. The molecule has 0 bridgehead atoms. The van der Waals surface area contributed by atoms with Crippen LogP contribution in [0.1, 0.15) is 51.5 Å². The molecule has 10 heteroatoms. The van der Waals surface area contributed by atoms with Gasteiger partial charge in [0, 0.05) is 68.2 Å². The minimum Gasteiger partial charge on any atom is -0.369 e. The molecule has 1 aliphatic carbocycles. The summed E-state index contributed by atoms with van der Waals surface area (Å²) >= 11 is 0. The van der Waals surface area contributed by atoms with E-state index in [0.29, 0.717) is 24.8 Å². The van der Waals surface area contributed by atoms with Crippen molar-refractivity contribution in [2.24, 2.45) is 5.92 Å². The topological polar surface area (TPSA) is 93.7 Å². The third-order valence-electron chi connectivity index (χ3n) is 8.16. The van der Waals surface area contributed by atoms with Gasteiger partial charge < -0.3 is 15.5 Å². The lowest BCUT2D eigenvalue weighted by atomic mass is 9.99. The van der Waals surface area contributed by atoms with Gasteiger partial charge in [-0.3, -0.25) is 19.4 Å². The average Bonchev–Trinajstić information content (AvgIpc) is 3.59. The van der Waals surface area contributed by atoms with Crippen molar-refractivity contribution in [1.29, 1.82) is 0 Å². The molecule has 3 aliphatic rings. The van der Waals surface area contributed by atoms with Gasteiger partial charge in [-0.1, -0.05) is 12.8 Å². The number of benzene rings is 1. The fourth-order valence-electron chi connectivity index (χ4n) is 5.84. The molecule has 0 spiro atoms. The Balaban J connectivity index is 1.35. The van der Waals surface area contributed by atoms with Crippen molar-refractivity contribution in [1.82, 2.24) is 20.2 Å². The highest BCUT2D eigenvalue weighted by molar-refractivity contribution is 5.82. The van der Waals surface area contributed by atoms with E-state index in [0.717, 1.165) is 75.9 Å². The minimum absolute atomic E-state index is 0.0180. The van der Waals surface area contributed by atoms with E-state index in [1.807, 2.05) is 6.07 Å². The summed E-state index contributed by atoms with van der Waals surface area (Å²) < 4.78 is 15.2. The largest absolute Gasteiger partial charge is 0.369 e. The molecule has 0 unspecified atom stereocenters. The number of halogens is 1. The van der Waals surface area contributed by atoms with Crippen molar-refractivity contribution >= 4 is 35.5 Å². The van der Waals surface area contributed by atoms with E-state index in [-0.39, 0.29) is 35.3 Å². The van der Waals surface area contributed by atoms with Crippen LogP contribution in [0, 0.1) is 11.7 Å². The van der Waals surface area contributed by atoms with Crippen LogP contribution in [0.15, 0.2) is 24.4 Å². The summed E-state index contributed by atoms with van der Waals surface area (Å²) in [4.78, 5) is 39.9. The van der Waals surface area contributed by atoms with Gasteiger partial charge in [0.05, 0.1) is 5.69 Å². The molecule has 0 radical (unpaired) electrons. The normalized spacial score (nSPS) is 20.7. The van der Waals surface area contributed by atoms with Gasteiger partial charge in [0.15, 0.2) is 0 Å². The maximum absolute atomic E-state index is 15.2. The van der Waals surface area contributed by atoms with E-state index in [1.165, 1.54) is 0 Å². The van der Waals surface area contributed by atoms with Gasteiger partial charge in [0.1, 0.15) is 11.6 Å². The molecule has 3 fully saturated rings. The second kappa shape index (κ2) is 11.6. The highest BCUT2D eigenvalue weighted by atomic mass is 19.1. The molecule has 1 aromatic carbocycles. The molecule has 5 rings (SSSR count). The fourth-order valence-corrected chi connectivity index (χ4v) is 5.84. The van der Waals surface area contributed by atoms with E-state index in [4.69, 9.17) is 0 Å². The lowest BCUT2D eigenvalue weighted by molar-refractivity contribution is -0.122. The van der Waals surface area contributed by atoms with Crippen LogP contribution in [0.5, 0.6) is 0 Å². The van der Waals surface area contributed by atoms with Crippen LogP contribution in [-0.2, 0) is 16.0 Å². The molecule has 2 aliphatic heterocycles. The molecule has 38 heavy (non-hydrogen) atoms. The van der Waals surface area contributed by atoms with Crippen molar-refractivity contribution < 1.29 is 14.0 Å². The number of nitrogens with one attached hydrogen (secondary N) is 2. The van der Waals surface area contributed by atoms with Crippen LogP contribution in [0.25, 0.3) is 0 Å². The smallest absolute Gasteiger partial charge is 0.229 e. The summed E-state index contributed by atoms with van der Waals surface area (Å²) in [7, 11) is 0. The second-order valence-corrected chi connectivity index (χ2v) is 10.9. The quantitative estimate of drug-likeness (QED) is 0.486. The number of amides is 2. The van der Waals surface area contributed by atoms with Crippen LogP contribution in [0.4, 0.5) is 27.5 Å². The third-order valence-corrected chi connectivity index (χ3v) is 8.16. The van der Waals surface area contributed by atoms with Crippen molar-refractivity contribution in [2.75, 3.05) is 47.8 Å². The van der Waals surface area contributed by atoms with Gasteiger partial charge in [0.2, 0.25) is 18.3 Å². The highest BCUT2D eigenvalue weighted by Crippen LogP contribution is 2.32. The van der Waals surface area contributed by atoms with E-state index in [2.05, 4.69) is 44.2 Å². The number of nitrogens with zero attached hydrogens (tertiary/aromatic N) is 5. The van der Waals surface area contributed by atoms with Crippen LogP contribution >= 0.6 is 0 Å². The molecule has 2 saturated heterocycles. The molecular weight excluding hydrogens is 485 g/mol. The number of carbonyl (C=O) groups is 2. The summed E-state index contributed by atoms with van der Waals surface area (Å²) in [6, 6.07) is 5.76. The maximum atomic E-state index is 15.2. The summed E-state index contributed by atoms with van der Waals surface area (Å²) in [5, 5.41) is 5.89. The predicted molar refractivity (Wildman–Crippen MR) is 146 cm³/mol. The monoisotopic (exact) mass is 523 g/mol. The van der Waals surface area contributed by atoms with Crippen LogP contribution in [0.3, 0.4) is 0 Å². The van der Waals surface area contributed by atoms with E-state index >= 15 is 4.39 Å². The zero-order chi connectivity index (χ0) is 26.6. The zero-order valence-electron chi connectivity index (χ0n) is 22.3. The first kappa shape index (κ1) is 26.3. The third kappa shape index (κ3) is 5.75. The Hall–Kier alpha value is -3.27. The van der Waals surface area contributed by atoms with E-state index in [1.54, 1.807) is 23.2 Å². The lowest BCUT2D eigenvalue weighted by Gasteiger charge is -2.38. The van der Waals surface area contributed by atoms with Gasteiger partial charge in [-0.15, -0.1) is 0 Å². The number of rotatable bonds is 9. The zero-order valence-corrected chi connectivity index (χ0v) is 22.3. The Labute approximate surface area is 223 Å². The number of carbonyl (C=O) groups excluding carboxylic acids is 2. The highest BCUT2D eigenvalue weighted by Gasteiger charge is 2.30. The standard InChI is InChI=1S/C28H38FN7O2/c1-19(2)34-11-13-35(14-12-34)23-7-8-25(24(29)16-23)32-28-31-17-21(15-20-9-10-30-27(20)38)26(33-28)36(18-37)22-5-3-4-6-22/h7-8,16-20,22H,3-6,9-15H2,1-2H3,(H,30,38)(H,31,32,33)/t20-/m0/s1. The van der Waals surface area contributed by atoms with E-state index < -0.39 is 0 Å². The Bertz CT molecular complexity index is 1150. The molecule has 2 amide bonds. The minimum atomic E-state index is -0.381. The predicted octanol–water partition coefficient (Wildman–Crippen LogP) is 3.47.